The molecule has 1 N–H and O–H groups in total. The maximum Gasteiger partial charge on any atom is 0.232 e. The van der Waals surface area contributed by atoms with Crippen LogP contribution in [0.15, 0.2) is 12.4 Å². The standard InChI is InChI=1S/C11H18N2O2/c1-9(2)4-3-5-15-11-7-12-6-10(8-14)13-11/h6-7,9,14H,3-5,8H2,1-2H3. The molecule has 0 aliphatic heterocycles. The minimum Gasteiger partial charge on any atom is -0.477 e. The van der Waals surface area contributed by atoms with Gasteiger partial charge in [-0.2, -0.15) is 0 Å². The Bertz CT molecular complexity index is 290. The zero-order valence-electron chi connectivity index (χ0n) is 9.31. The second-order valence-electron chi connectivity index (χ2n) is 3.89. The number of aliphatic hydroxyl groups is 1. The van der Waals surface area contributed by atoms with Crippen LogP contribution in [0.3, 0.4) is 0 Å². The number of ether oxygens (including phenoxy) is 1. The zero-order valence-corrected chi connectivity index (χ0v) is 9.31. The van der Waals surface area contributed by atoms with E-state index in [1.165, 1.54) is 6.20 Å². The van der Waals surface area contributed by atoms with Gasteiger partial charge in [0.25, 0.3) is 0 Å². The summed E-state index contributed by atoms with van der Waals surface area (Å²) >= 11 is 0. The molecule has 0 aliphatic carbocycles. The average molecular weight is 210 g/mol. The number of aliphatic hydroxyl groups excluding tert-OH is 1. The van der Waals surface area contributed by atoms with Crippen molar-refractivity contribution in [2.75, 3.05) is 6.61 Å². The molecule has 1 rings (SSSR count). The SMILES string of the molecule is CC(C)CCCOc1cncc(CO)n1. The van der Waals surface area contributed by atoms with E-state index < -0.39 is 0 Å². The normalized spacial score (nSPS) is 10.7. The first-order chi connectivity index (χ1) is 7.22. The van der Waals surface area contributed by atoms with Crippen molar-refractivity contribution in [2.24, 2.45) is 5.92 Å². The van der Waals surface area contributed by atoms with Gasteiger partial charge in [0.15, 0.2) is 0 Å². The van der Waals surface area contributed by atoms with Gasteiger partial charge in [-0.05, 0) is 18.8 Å². The molecule has 84 valence electrons. The van der Waals surface area contributed by atoms with E-state index in [4.69, 9.17) is 9.84 Å². The second-order valence-corrected chi connectivity index (χ2v) is 3.89. The van der Waals surface area contributed by atoms with Gasteiger partial charge in [0.2, 0.25) is 5.88 Å². The van der Waals surface area contributed by atoms with Crippen LogP contribution in [0.4, 0.5) is 0 Å². The Morgan fingerprint density at radius 3 is 2.87 bits per heavy atom. The Morgan fingerprint density at radius 2 is 2.20 bits per heavy atom. The quantitative estimate of drug-likeness (QED) is 0.727. The maximum absolute atomic E-state index is 8.85. The monoisotopic (exact) mass is 210 g/mol. The molecule has 0 atom stereocenters. The van der Waals surface area contributed by atoms with Crippen molar-refractivity contribution in [2.45, 2.75) is 33.3 Å². The summed E-state index contributed by atoms with van der Waals surface area (Å²) in [5.41, 5.74) is 0.538. The molecule has 0 bridgehead atoms. The van der Waals surface area contributed by atoms with E-state index in [0.29, 0.717) is 24.1 Å². The fourth-order valence-electron chi connectivity index (χ4n) is 1.20. The van der Waals surface area contributed by atoms with Gasteiger partial charge in [-0.3, -0.25) is 4.98 Å². The largest absolute Gasteiger partial charge is 0.477 e. The van der Waals surface area contributed by atoms with Gasteiger partial charge in [-0.15, -0.1) is 0 Å². The average Bonchev–Trinajstić information content (AvgIpc) is 2.24. The second kappa shape index (κ2) is 6.35. The van der Waals surface area contributed by atoms with E-state index in [-0.39, 0.29) is 6.61 Å². The van der Waals surface area contributed by atoms with Gasteiger partial charge >= 0.3 is 0 Å². The molecule has 0 spiro atoms. The molecule has 0 saturated heterocycles. The van der Waals surface area contributed by atoms with E-state index in [0.717, 1.165) is 12.8 Å². The van der Waals surface area contributed by atoms with Crippen molar-refractivity contribution >= 4 is 0 Å². The molecule has 0 fully saturated rings. The van der Waals surface area contributed by atoms with Gasteiger partial charge in [0.1, 0.15) is 0 Å². The van der Waals surface area contributed by atoms with Crippen LogP contribution in [-0.4, -0.2) is 21.7 Å². The third kappa shape index (κ3) is 4.74. The minimum absolute atomic E-state index is 0.101. The van der Waals surface area contributed by atoms with Crippen LogP contribution in [0.2, 0.25) is 0 Å². The maximum atomic E-state index is 8.85. The van der Waals surface area contributed by atoms with Crippen molar-refractivity contribution < 1.29 is 9.84 Å². The number of aromatic nitrogens is 2. The predicted octanol–water partition coefficient (Wildman–Crippen LogP) is 1.78. The molecule has 4 heteroatoms. The Kier molecular flexibility index (Phi) is 5.04. The molecule has 15 heavy (non-hydrogen) atoms. The lowest BCUT2D eigenvalue weighted by Gasteiger charge is -2.06. The first kappa shape index (κ1) is 11.9. The Balaban J connectivity index is 2.30. The fourth-order valence-corrected chi connectivity index (χ4v) is 1.20. The lowest BCUT2D eigenvalue weighted by molar-refractivity contribution is 0.263. The lowest BCUT2D eigenvalue weighted by atomic mass is 10.1. The van der Waals surface area contributed by atoms with Gasteiger partial charge < -0.3 is 9.84 Å². The first-order valence-electron chi connectivity index (χ1n) is 5.27. The number of hydrogen-bond acceptors (Lipinski definition) is 4. The third-order valence-electron chi connectivity index (χ3n) is 2.00. The van der Waals surface area contributed by atoms with Gasteiger partial charge in [0, 0.05) is 0 Å². The highest BCUT2D eigenvalue weighted by molar-refractivity contribution is 5.07. The summed E-state index contributed by atoms with van der Waals surface area (Å²) in [7, 11) is 0. The highest BCUT2D eigenvalue weighted by Gasteiger charge is 1.99. The minimum atomic E-state index is -0.101. The topological polar surface area (TPSA) is 55.2 Å². The molecule has 4 nitrogen and oxygen atoms in total. The molecule has 1 aromatic rings. The summed E-state index contributed by atoms with van der Waals surface area (Å²) < 4.78 is 5.41. The molecule has 0 amide bonds. The van der Waals surface area contributed by atoms with E-state index in [9.17, 15) is 0 Å². The van der Waals surface area contributed by atoms with Crippen molar-refractivity contribution in [3.63, 3.8) is 0 Å². The first-order valence-corrected chi connectivity index (χ1v) is 5.27. The van der Waals surface area contributed by atoms with Crippen LogP contribution in [0.5, 0.6) is 5.88 Å². The lowest BCUT2D eigenvalue weighted by Crippen LogP contribution is -2.02. The van der Waals surface area contributed by atoms with Crippen LogP contribution < -0.4 is 4.74 Å². The van der Waals surface area contributed by atoms with E-state index in [1.807, 2.05) is 0 Å². The summed E-state index contributed by atoms with van der Waals surface area (Å²) in [6.45, 7) is 4.93. The highest BCUT2D eigenvalue weighted by Crippen LogP contribution is 2.08. The third-order valence-corrected chi connectivity index (χ3v) is 2.00. The van der Waals surface area contributed by atoms with Gasteiger partial charge in [-0.1, -0.05) is 13.8 Å². The van der Waals surface area contributed by atoms with Crippen LogP contribution in [0.1, 0.15) is 32.4 Å². The van der Waals surface area contributed by atoms with Crippen molar-refractivity contribution in [1.29, 1.82) is 0 Å². The van der Waals surface area contributed by atoms with Crippen molar-refractivity contribution in [3.8, 4) is 5.88 Å². The molecule has 1 heterocycles. The number of nitrogens with zero attached hydrogens (tertiary/aromatic N) is 2. The van der Waals surface area contributed by atoms with Crippen molar-refractivity contribution in [1.82, 2.24) is 9.97 Å². The van der Waals surface area contributed by atoms with Gasteiger partial charge in [-0.25, -0.2) is 4.98 Å². The number of hydrogen-bond donors (Lipinski definition) is 1. The summed E-state index contributed by atoms with van der Waals surface area (Å²) in [4.78, 5) is 7.99. The van der Waals surface area contributed by atoms with Crippen LogP contribution >= 0.6 is 0 Å². The van der Waals surface area contributed by atoms with E-state index >= 15 is 0 Å². The molecule has 0 aliphatic rings. The smallest absolute Gasteiger partial charge is 0.232 e. The molecule has 0 radical (unpaired) electrons. The predicted molar refractivity (Wildman–Crippen MR) is 57.5 cm³/mol. The van der Waals surface area contributed by atoms with Crippen LogP contribution in [0.25, 0.3) is 0 Å². The summed E-state index contributed by atoms with van der Waals surface area (Å²) in [5.74, 6) is 1.19. The zero-order chi connectivity index (χ0) is 11.1. The molecule has 0 aromatic carbocycles. The van der Waals surface area contributed by atoms with Crippen molar-refractivity contribution in [3.05, 3.63) is 18.1 Å². The molecule has 1 aromatic heterocycles. The van der Waals surface area contributed by atoms with E-state index in [1.54, 1.807) is 6.20 Å². The Morgan fingerprint density at radius 1 is 1.40 bits per heavy atom. The molecular weight excluding hydrogens is 192 g/mol. The summed E-state index contributed by atoms with van der Waals surface area (Å²) in [5, 5.41) is 8.85. The fraction of sp³-hybridized carbons (Fsp3) is 0.636. The molecule has 0 saturated carbocycles. The van der Waals surface area contributed by atoms with E-state index in [2.05, 4.69) is 23.8 Å². The molecule has 0 unspecified atom stereocenters. The molecular formula is C11H18N2O2. The Labute approximate surface area is 90.3 Å². The summed E-state index contributed by atoms with van der Waals surface area (Å²) in [6, 6.07) is 0. The number of rotatable bonds is 6. The van der Waals surface area contributed by atoms with Crippen LogP contribution in [-0.2, 0) is 6.61 Å². The Hall–Kier alpha value is -1.16. The summed E-state index contributed by atoms with van der Waals surface area (Å²) in [6.07, 6.45) is 5.26. The highest BCUT2D eigenvalue weighted by atomic mass is 16.5. The van der Waals surface area contributed by atoms with Gasteiger partial charge in [0.05, 0.1) is 31.3 Å². The van der Waals surface area contributed by atoms with Crippen LogP contribution in [0, 0.1) is 5.92 Å².